The number of hydrogen-bond donors (Lipinski definition) is 2. The fourth-order valence-corrected chi connectivity index (χ4v) is 5.56. The SMILES string of the molecule is CCCCCC(=O)O.CCCCOCOC(=O)Nc1ccc2sc(C)c(CCN(C)Cc3cnc4ccccc4n3)c2c1. The van der Waals surface area contributed by atoms with Crippen LogP contribution in [-0.4, -0.2) is 59.0 Å². The molecule has 0 aliphatic carbocycles. The molecule has 0 spiro atoms. The van der Waals surface area contributed by atoms with Crippen molar-refractivity contribution < 1.29 is 24.2 Å². The second-order valence-corrected chi connectivity index (χ2v) is 11.7. The predicted molar refractivity (Wildman–Crippen MR) is 174 cm³/mol. The largest absolute Gasteiger partial charge is 0.481 e. The highest BCUT2D eigenvalue weighted by Gasteiger charge is 2.13. The average Bonchev–Trinajstić information content (AvgIpc) is 3.30. The van der Waals surface area contributed by atoms with Crippen LogP contribution in [0.4, 0.5) is 10.5 Å². The van der Waals surface area contributed by atoms with E-state index in [1.807, 2.05) is 42.6 Å². The van der Waals surface area contributed by atoms with Gasteiger partial charge in [-0.05, 0) is 74.5 Å². The van der Waals surface area contributed by atoms with Crippen molar-refractivity contribution in [3.8, 4) is 0 Å². The lowest BCUT2D eigenvalue weighted by molar-refractivity contribution is -0.137. The molecule has 4 aromatic rings. The Bertz CT molecular complexity index is 1460. The zero-order chi connectivity index (χ0) is 31.0. The van der Waals surface area contributed by atoms with Crippen LogP contribution in [0.15, 0.2) is 48.7 Å². The number of para-hydroxylation sites is 2. The fraction of sp³-hybridized carbons (Fsp3) is 0.455. The number of carbonyl (C=O) groups is 2. The van der Waals surface area contributed by atoms with Crippen LogP contribution >= 0.6 is 11.3 Å². The summed E-state index contributed by atoms with van der Waals surface area (Å²) in [6, 6.07) is 13.9. The van der Waals surface area contributed by atoms with Gasteiger partial charge in [0.1, 0.15) is 0 Å². The molecule has 2 heterocycles. The first kappa shape index (κ1) is 33.9. The number of thiophene rings is 1. The van der Waals surface area contributed by atoms with Gasteiger partial charge in [-0.15, -0.1) is 11.3 Å². The van der Waals surface area contributed by atoms with E-state index in [1.165, 1.54) is 20.5 Å². The summed E-state index contributed by atoms with van der Waals surface area (Å²) in [5, 5.41) is 12.1. The summed E-state index contributed by atoms with van der Waals surface area (Å²) >= 11 is 1.78. The number of amides is 1. The molecule has 232 valence electrons. The van der Waals surface area contributed by atoms with Gasteiger partial charge in [0.25, 0.3) is 0 Å². The highest BCUT2D eigenvalue weighted by molar-refractivity contribution is 7.19. The zero-order valence-electron chi connectivity index (χ0n) is 25.7. The molecule has 4 rings (SSSR count). The standard InChI is InChI=1S/C27H32N4O3S.C6H12O2/c1-4-5-14-33-18-34-27(32)30-20-10-11-26-23(15-20)22(19(2)35-26)12-13-31(3)17-21-16-28-24-8-6-7-9-25(24)29-21;1-2-3-4-5-6(7)8/h6-11,15-16H,4-5,12-14,17-18H2,1-3H3,(H,30,32);2-5H2,1H3,(H,7,8). The Hall–Kier alpha value is -3.60. The summed E-state index contributed by atoms with van der Waals surface area (Å²) in [6.07, 6.45) is 7.53. The number of nitrogens with zero attached hydrogens (tertiary/aromatic N) is 3. The average molecular weight is 609 g/mol. The van der Waals surface area contributed by atoms with Gasteiger partial charge in [-0.25, -0.2) is 9.78 Å². The maximum Gasteiger partial charge on any atom is 0.413 e. The van der Waals surface area contributed by atoms with Crippen LogP contribution in [0, 0.1) is 6.92 Å². The van der Waals surface area contributed by atoms with Crippen LogP contribution < -0.4 is 5.32 Å². The molecule has 0 saturated carbocycles. The summed E-state index contributed by atoms with van der Waals surface area (Å²) in [4.78, 5) is 34.8. The molecule has 0 bridgehead atoms. The molecule has 2 aromatic heterocycles. The van der Waals surface area contributed by atoms with E-state index >= 15 is 0 Å². The van der Waals surface area contributed by atoms with Crippen LogP contribution in [0.25, 0.3) is 21.1 Å². The summed E-state index contributed by atoms with van der Waals surface area (Å²) in [7, 11) is 2.10. The highest BCUT2D eigenvalue weighted by Crippen LogP contribution is 2.33. The van der Waals surface area contributed by atoms with Gasteiger partial charge in [-0.2, -0.15) is 0 Å². The maximum atomic E-state index is 12.1. The van der Waals surface area contributed by atoms with Crippen LogP contribution in [0.1, 0.15) is 68.5 Å². The summed E-state index contributed by atoms with van der Waals surface area (Å²) < 4.78 is 11.6. The van der Waals surface area contributed by atoms with Gasteiger partial charge >= 0.3 is 12.1 Å². The summed E-state index contributed by atoms with van der Waals surface area (Å²) in [6.45, 7) is 8.48. The van der Waals surface area contributed by atoms with E-state index in [1.54, 1.807) is 11.3 Å². The van der Waals surface area contributed by atoms with Crippen molar-refractivity contribution in [1.29, 1.82) is 0 Å². The molecule has 43 heavy (non-hydrogen) atoms. The number of carboxylic acids is 1. The second-order valence-electron chi connectivity index (χ2n) is 10.5. The van der Waals surface area contributed by atoms with Crippen molar-refractivity contribution in [2.45, 2.75) is 72.3 Å². The Kier molecular flexibility index (Phi) is 14.3. The molecule has 0 fully saturated rings. The van der Waals surface area contributed by atoms with E-state index < -0.39 is 12.1 Å². The van der Waals surface area contributed by atoms with E-state index in [2.05, 4.69) is 49.1 Å². The number of fused-ring (bicyclic) bond motifs is 2. The molecular weight excluding hydrogens is 564 g/mol. The molecule has 0 radical (unpaired) electrons. The number of aryl methyl sites for hydroxylation is 1. The number of nitrogens with one attached hydrogen (secondary N) is 1. The van der Waals surface area contributed by atoms with Gasteiger partial charge in [0.05, 0.1) is 29.5 Å². The zero-order valence-corrected chi connectivity index (χ0v) is 26.5. The smallest absolute Gasteiger partial charge is 0.413 e. The van der Waals surface area contributed by atoms with Gasteiger partial charge in [-0.3, -0.25) is 15.1 Å². The van der Waals surface area contributed by atoms with Crippen molar-refractivity contribution in [3.05, 3.63) is 64.8 Å². The van der Waals surface area contributed by atoms with Crippen LogP contribution in [0.5, 0.6) is 0 Å². The van der Waals surface area contributed by atoms with Crippen molar-refractivity contribution in [3.63, 3.8) is 0 Å². The molecular formula is C33H44N4O5S. The van der Waals surface area contributed by atoms with Gasteiger partial charge in [0.15, 0.2) is 6.79 Å². The molecule has 1 amide bonds. The number of anilines is 1. The van der Waals surface area contributed by atoms with E-state index in [4.69, 9.17) is 19.6 Å². The lowest BCUT2D eigenvalue weighted by Gasteiger charge is -2.16. The Balaban J connectivity index is 0.000000557. The molecule has 0 aliphatic rings. The number of likely N-dealkylation sites (N-methyl/N-ethyl adjacent to an activating group) is 1. The highest BCUT2D eigenvalue weighted by atomic mass is 32.1. The minimum absolute atomic E-state index is 0.0369. The van der Waals surface area contributed by atoms with Crippen LogP contribution in [-0.2, 0) is 27.2 Å². The molecule has 9 nitrogen and oxygen atoms in total. The number of unbranched alkanes of at least 4 members (excludes halogenated alkanes) is 3. The Morgan fingerprint density at radius 1 is 1.05 bits per heavy atom. The number of carboxylic acid groups (broad SMARTS) is 1. The van der Waals surface area contributed by atoms with E-state index in [0.717, 1.165) is 74.0 Å². The lowest BCUT2D eigenvalue weighted by Crippen LogP contribution is -2.21. The normalized spacial score (nSPS) is 11.0. The molecule has 0 aliphatic heterocycles. The first-order valence-corrected chi connectivity index (χ1v) is 15.8. The predicted octanol–water partition coefficient (Wildman–Crippen LogP) is 7.80. The molecule has 0 unspecified atom stereocenters. The van der Waals surface area contributed by atoms with Gasteiger partial charge in [0, 0.05) is 34.8 Å². The quantitative estimate of drug-likeness (QED) is 0.104. The van der Waals surface area contributed by atoms with E-state index in [9.17, 15) is 9.59 Å². The fourth-order valence-electron chi connectivity index (χ4n) is 4.47. The number of ether oxygens (including phenoxy) is 2. The third-order valence-corrected chi connectivity index (χ3v) is 7.95. The van der Waals surface area contributed by atoms with Crippen molar-refractivity contribution in [2.24, 2.45) is 0 Å². The number of carbonyl (C=O) groups excluding carboxylic acids is 1. The van der Waals surface area contributed by atoms with Crippen molar-refractivity contribution >= 4 is 50.2 Å². The van der Waals surface area contributed by atoms with E-state index in [-0.39, 0.29) is 6.79 Å². The van der Waals surface area contributed by atoms with E-state index in [0.29, 0.717) is 13.0 Å². The Morgan fingerprint density at radius 3 is 2.56 bits per heavy atom. The number of benzene rings is 2. The minimum Gasteiger partial charge on any atom is -0.481 e. The molecule has 0 atom stereocenters. The number of hydrogen-bond acceptors (Lipinski definition) is 8. The van der Waals surface area contributed by atoms with Gasteiger partial charge < -0.3 is 19.5 Å². The Morgan fingerprint density at radius 2 is 1.81 bits per heavy atom. The summed E-state index contributed by atoms with van der Waals surface area (Å²) in [5.74, 6) is -0.682. The monoisotopic (exact) mass is 608 g/mol. The third kappa shape index (κ3) is 11.5. The first-order valence-electron chi connectivity index (χ1n) is 14.9. The number of aliphatic carboxylic acids is 1. The summed E-state index contributed by atoms with van der Waals surface area (Å²) in [5.41, 5.74) is 4.82. The minimum atomic E-state index is -0.682. The van der Waals surface area contributed by atoms with Crippen LogP contribution in [0.3, 0.4) is 0 Å². The van der Waals surface area contributed by atoms with Gasteiger partial charge in [-0.1, -0.05) is 45.2 Å². The molecule has 0 saturated heterocycles. The van der Waals surface area contributed by atoms with Crippen molar-refractivity contribution in [2.75, 3.05) is 32.3 Å². The molecule has 2 N–H and O–H groups in total. The van der Waals surface area contributed by atoms with Crippen LogP contribution in [0.2, 0.25) is 0 Å². The second kappa shape index (κ2) is 18.1. The van der Waals surface area contributed by atoms with Crippen molar-refractivity contribution in [1.82, 2.24) is 14.9 Å². The maximum absolute atomic E-state index is 12.1. The number of rotatable bonds is 15. The number of aromatic nitrogens is 2. The molecule has 10 heteroatoms. The lowest BCUT2D eigenvalue weighted by atomic mass is 10.1. The third-order valence-electron chi connectivity index (χ3n) is 6.82. The van der Waals surface area contributed by atoms with Gasteiger partial charge in [0.2, 0.25) is 0 Å². The molecule has 2 aromatic carbocycles. The topological polar surface area (TPSA) is 114 Å². The first-order chi connectivity index (χ1) is 20.8. The Labute approximate surface area is 258 Å².